The van der Waals surface area contributed by atoms with Gasteiger partial charge in [-0.1, -0.05) is 18.2 Å². The molecule has 1 saturated carbocycles. The van der Waals surface area contributed by atoms with Crippen molar-refractivity contribution in [2.75, 3.05) is 13.7 Å². The number of hydrogen-bond acceptors (Lipinski definition) is 3. The quantitative estimate of drug-likeness (QED) is 0.839. The Morgan fingerprint density at radius 3 is 2.83 bits per heavy atom. The van der Waals surface area contributed by atoms with Crippen LogP contribution in [0.4, 0.5) is 0 Å². The first-order chi connectivity index (χ1) is 8.73. The van der Waals surface area contributed by atoms with Crippen LogP contribution in [0.5, 0.6) is 5.75 Å². The SMILES string of the molecule is CNC1CCC(O)(c2cccc3c2OCC3)CC1. The smallest absolute Gasteiger partial charge is 0.128 e. The van der Waals surface area contributed by atoms with Crippen LogP contribution in [0.15, 0.2) is 18.2 Å². The van der Waals surface area contributed by atoms with Crippen molar-refractivity contribution in [3.05, 3.63) is 29.3 Å². The summed E-state index contributed by atoms with van der Waals surface area (Å²) in [6.45, 7) is 0.752. The molecule has 0 amide bonds. The minimum atomic E-state index is -0.691. The Morgan fingerprint density at radius 1 is 1.33 bits per heavy atom. The van der Waals surface area contributed by atoms with Crippen LogP contribution in [-0.4, -0.2) is 24.8 Å². The molecular weight excluding hydrogens is 226 g/mol. The van der Waals surface area contributed by atoms with E-state index >= 15 is 0 Å². The Bertz CT molecular complexity index is 436. The fourth-order valence-corrected chi connectivity index (χ4v) is 3.24. The number of fused-ring (bicyclic) bond motifs is 1. The highest BCUT2D eigenvalue weighted by molar-refractivity contribution is 5.47. The van der Waals surface area contributed by atoms with Gasteiger partial charge in [-0.25, -0.2) is 0 Å². The highest BCUT2D eigenvalue weighted by Crippen LogP contribution is 2.43. The summed E-state index contributed by atoms with van der Waals surface area (Å²) in [5, 5.41) is 14.2. The fraction of sp³-hybridized carbons (Fsp3) is 0.600. The number of hydrogen-bond donors (Lipinski definition) is 2. The van der Waals surface area contributed by atoms with E-state index in [2.05, 4.69) is 11.4 Å². The summed E-state index contributed by atoms with van der Waals surface area (Å²) in [7, 11) is 2.00. The van der Waals surface area contributed by atoms with Gasteiger partial charge in [0.15, 0.2) is 0 Å². The molecule has 3 nitrogen and oxygen atoms in total. The summed E-state index contributed by atoms with van der Waals surface area (Å²) in [5.74, 6) is 0.947. The van der Waals surface area contributed by atoms with Crippen LogP contribution >= 0.6 is 0 Å². The summed E-state index contributed by atoms with van der Waals surface area (Å²) in [5.41, 5.74) is 1.56. The van der Waals surface area contributed by atoms with E-state index in [4.69, 9.17) is 4.74 Å². The van der Waals surface area contributed by atoms with Gasteiger partial charge >= 0.3 is 0 Å². The van der Waals surface area contributed by atoms with Crippen LogP contribution in [0.2, 0.25) is 0 Å². The molecular formula is C15H21NO2. The van der Waals surface area contributed by atoms with E-state index in [1.807, 2.05) is 19.2 Å². The van der Waals surface area contributed by atoms with Gasteiger partial charge in [0.1, 0.15) is 5.75 Å². The van der Waals surface area contributed by atoms with Gasteiger partial charge in [-0.2, -0.15) is 0 Å². The second-order valence-electron chi connectivity index (χ2n) is 5.49. The Hall–Kier alpha value is -1.06. The molecule has 0 saturated heterocycles. The monoisotopic (exact) mass is 247 g/mol. The van der Waals surface area contributed by atoms with Crippen molar-refractivity contribution in [2.24, 2.45) is 0 Å². The van der Waals surface area contributed by atoms with E-state index in [0.717, 1.165) is 50.0 Å². The van der Waals surface area contributed by atoms with Gasteiger partial charge in [0.05, 0.1) is 12.2 Å². The highest BCUT2D eigenvalue weighted by atomic mass is 16.5. The van der Waals surface area contributed by atoms with Gasteiger partial charge in [0.25, 0.3) is 0 Å². The predicted molar refractivity (Wildman–Crippen MR) is 70.9 cm³/mol. The zero-order valence-electron chi connectivity index (χ0n) is 10.9. The van der Waals surface area contributed by atoms with E-state index < -0.39 is 5.60 Å². The third-order valence-corrected chi connectivity index (χ3v) is 4.44. The summed E-state index contributed by atoms with van der Waals surface area (Å²) in [6.07, 6.45) is 4.66. The lowest BCUT2D eigenvalue weighted by Gasteiger charge is -2.37. The maximum atomic E-state index is 10.9. The second-order valence-corrected chi connectivity index (χ2v) is 5.49. The molecule has 1 aliphatic heterocycles. The Labute approximate surface area is 108 Å². The third kappa shape index (κ3) is 1.91. The van der Waals surface area contributed by atoms with E-state index in [1.165, 1.54) is 5.56 Å². The van der Waals surface area contributed by atoms with Crippen molar-refractivity contribution in [2.45, 2.75) is 43.7 Å². The molecule has 98 valence electrons. The van der Waals surface area contributed by atoms with Crippen molar-refractivity contribution in [1.82, 2.24) is 5.32 Å². The summed E-state index contributed by atoms with van der Waals surface area (Å²) >= 11 is 0. The molecule has 2 N–H and O–H groups in total. The standard InChI is InChI=1S/C15H21NO2/c1-16-12-5-8-15(17,9-6-12)13-4-2-3-11-7-10-18-14(11)13/h2-4,12,16-17H,5-10H2,1H3. The number of rotatable bonds is 2. The first-order valence-electron chi connectivity index (χ1n) is 6.88. The number of aliphatic hydroxyl groups is 1. The molecule has 3 rings (SSSR count). The number of para-hydroxylation sites is 1. The molecule has 2 aliphatic rings. The lowest BCUT2D eigenvalue weighted by molar-refractivity contribution is -0.00948. The van der Waals surface area contributed by atoms with Gasteiger partial charge < -0.3 is 15.2 Å². The number of ether oxygens (including phenoxy) is 1. The van der Waals surface area contributed by atoms with Crippen molar-refractivity contribution in [3.8, 4) is 5.75 Å². The van der Waals surface area contributed by atoms with Crippen LogP contribution in [0.25, 0.3) is 0 Å². The number of nitrogens with one attached hydrogen (secondary N) is 1. The van der Waals surface area contributed by atoms with Gasteiger partial charge in [-0.05, 0) is 38.3 Å². The Balaban J connectivity index is 1.89. The highest BCUT2D eigenvalue weighted by Gasteiger charge is 2.37. The molecule has 1 aromatic rings. The minimum Gasteiger partial charge on any atom is -0.493 e. The molecule has 0 bridgehead atoms. The van der Waals surface area contributed by atoms with Crippen LogP contribution in [0, 0.1) is 0 Å². The lowest BCUT2D eigenvalue weighted by Crippen LogP contribution is -2.38. The van der Waals surface area contributed by atoms with Crippen LogP contribution < -0.4 is 10.1 Å². The Morgan fingerprint density at radius 2 is 2.11 bits per heavy atom. The van der Waals surface area contributed by atoms with E-state index in [9.17, 15) is 5.11 Å². The zero-order chi connectivity index (χ0) is 12.6. The average Bonchev–Trinajstić information content (AvgIpc) is 2.87. The van der Waals surface area contributed by atoms with E-state index in [-0.39, 0.29) is 0 Å². The van der Waals surface area contributed by atoms with E-state index in [1.54, 1.807) is 0 Å². The van der Waals surface area contributed by atoms with Crippen LogP contribution in [0.3, 0.4) is 0 Å². The molecule has 0 spiro atoms. The first-order valence-corrected chi connectivity index (χ1v) is 6.88. The average molecular weight is 247 g/mol. The molecule has 0 atom stereocenters. The summed E-state index contributed by atoms with van der Waals surface area (Å²) < 4.78 is 5.73. The molecule has 1 aliphatic carbocycles. The molecule has 1 fully saturated rings. The van der Waals surface area contributed by atoms with Crippen molar-refractivity contribution >= 4 is 0 Å². The first kappa shape index (κ1) is 12.0. The second kappa shape index (κ2) is 4.56. The normalized spacial score (nSPS) is 30.9. The summed E-state index contributed by atoms with van der Waals surface area (Å²) in [4.78, 5) is 0. The zero-order valence-corrected chi connectivity index (χ0v) is 10.9. The van der Waals surface area contributed by atoms with Gasteiger partial charge in [-0.15, -0.1) is 0 Å². The molecule has 0 radical (unpaired) electrons. The van der Waals surface area contributed by atoms with Crippen LogP contribution in [0.1, 0.15) is 36.8 Å². The molecule has 1 aromatic carbocycles. The minimum absolute atomic E-state index is 0.544. The molecule has 18 heavy (non-hydrogen) atoms. The Kier molecular flexibility index (Phi) is 3.04. The predicted octanol–water partition coefficient (Wildman–Crippen LogP) is 1.97. The topological polar surface area (TPSA) is 41.5 Å². The fourth-order valence-electron chi connectivity index (χ4n) is 3.24. The summed E-state index contributed by atoms with van der Waals surface area (Å²) in [6, 6.07) is 6.73. The molecule has 3 heteroatoms. The lowest BCUT2D eigenvalue weighted by atomic mass is 9.77. The van der Waals surface area contributed by atoms with Crippen molar-refractivity contribution < 1.29 is 9.84 Å². The maximum absolute atomic E-state index is 10.9. The van der Waals surface area contributed by atoms with Crippen molar-refractivity contribution in [1.29, 1.82) is 0 Å². The molecule has 0 aromatic heterocycles. The van der Waals surface area contributed by atoms with Gasteiger partial charge in [-0.3, -0.25) is 0 Å². The maximum Gasteiger partial charge on any atom is 0.128 e. The van der Waals surface area contributed by atoms with Gasteiger partial charge in [0, 0.05) is 18.0 Å². The molecule has 0 unspecified atom stereocenters. The molecule has 1 heterocycles. The van der Waals surface area contributed by atoms with Crippen LogP contribution in [-0.2, 0) is 12.0 Å². The van der Waals surface area contributed by atoms with Crippen molar-refractivity contribution in [3.63, 3.8) is 0 Å². The van der Waals surface area contributed by atoms with Gasteiger partial charge in [0.2, 0.25) is 0 Å². The van der Waals surface area contributed by atoms with E-state index in [0.29, 0.717) is 6.04 Å². The third-order valence-electron chi connectivity index (χ3n) is 4.44. The number of benzene rings is 1. The largest absolute Gasteiger partial charge is 0.493 e.